The third-order valence-electron chi connectivity index (χ3n) is 3.94. The number of carbonyl (C=O) groups excluding carboxylic acids is 2. The summed E-state index contributed by atoms with van der Waals surface area (Å²) in [6.45, 7) is 3.08. The number of rotatable bonds is 4. The van der Waals surface area contributed by atoms with E-state index in [2.05, 4.69) is 0 Å². The van der Waals surface area contributed by atoms with Gasteiger partial charge in [0, 0.05) is 24.2 Å². The van der Waals surface area contributed by atoms with E-state index in [9.17, 15) is 9.59 Å². The van der Waals surface area contributed by atoms with Crippen molar-refractivity contribution in [1.82, 2.24) is 4.40 Å². The quantitative estimate of drug-likeness (QED) is 0.684. The molecule has 1 aromatic carbocycles. The van der Waals surface area contributed by atoms with Crippen LogP contribution < -0.4 is 4.74 Å². The van der Waals surface area contributed by atoms with E-state index in [1.165, 1.54) is 6.92 Å². The van der Waals surface area contributed by atoms with Crippen LogP contribution in [0.4, 0.5) is 0 Å². The van der Waals surface area contributed by atoms with E-state index in [1.807, 2.05) is 40.8 Å². The van der Waals surface area contributed by atoms with Crippen molar-refractivity contribution in [3.05, 3.63) is 59.9 Å². The van der Waals surface area contributed by atoms with E-state index in [1.54, 1.807) is 26.3 Å². The van der Waals surface area contributed by atoms with Crippen LogP contribution in [0, 0.1) is 0 Å². The molecule has 0 amide bonds. The van der Waals surface area contributed by atoms with Crippen LogP contribution in [0.3, 0.4) is 0 Å². The number of ether oxygens (including phenoxy) is 1. The highest BCUT2D eigenvalue weighted by Gasteiger charge is 2.15. The maximum absolute atomic E-state index is 11.9. The largest absolute Gasteiger partial charge is 0.497 e. The zero-order valence-corrected chi connectivity index (χ0v) is 13.3. The first-order valence-electron chi connectivity index (χ1n) is 7.32. The van der Waals surface area contributed by atoms with E-state index >= 15 is 0 Å². The first-order chi connectivity index (χ1) is 11.0. The number of aromatic nitrogens is 1. The first kappa shape index (κ1) is 15.0. The zero-order chi connectivity index (χ0) is 16.6. The molecule has 4 nitrogen and oxygen atoms in total. The molecular weight excluding hydrogens is 290 g/mol. The normalized spacial score (nSPS) is 10.7. The van der Waals surface area contributed by atoms with Crippen molar-refractivity contribution in [3.8, 4) is 16.9 Å². The van der Waals surface area contributed by atoms with E-state index in [4.69, 9.17) is 4.74 Å². The second-order valence-electron chi connectivity index (χ2n) is 5.45. The second kappa shape index (κ2) is 5.72. The summed E-state index contributed by atoms with van der Waals surface area (Å²) >= 11 is 0. The fourth-order valence-corrected chi connectivity index (χ4v) is 2.69. The van der Waals surface area contributed by atoms with Crippen molar-refractivity contribution in [2.45, 2.75) is 13.8 Å². The lowest BCUT2D eigenvalue weighted by atomic mass is 10.1. The molecule has 0 spiro atoms. The standard InChI is InChI=1S/C19H17NO3/c1-12(21)15-8-9-20-18(13(2)22)11-17(19(20)10-15)14-4-6-16(23-3)7-5-14/h4-11H,1-3H3. The topological polar surface area (TPSA) is 47.8 Å². The van der Waals surface area contributed by atoms with Gasteiger partial charge in [-0.1, -0.05) is 12.1 Å². The number of hydrogen-bond acceptors (Lipinski definition) is 3. The molecule has 0 saturated heterocycles. The molecule has 0 aliphatic carbocycles. The molecule has 23 heavy (non-hydrogen) atoms. The fraction of sp³-hybridized carbons (Fsp3) is 0.158. The first-order valence-corrected chi connectivity index (χ1v) is 7.32. The number of methoxy groups -OCH3 is 1. The summed E-state index contributed by atoms with van der Waals surface area (Å²) in [6.07, 6.45) is 1.77. The van der Waals surface area contributed by atoms with Gasteiger partial charge in [0.15, 0.2) is 11.6 Å². The molecule has 2 aromatic heterocycles. The molecule has 3 rings (SSSR count). The molecule has 116 valence electrons. The maximum atomic E-state index is 11.9. The van der Waals surface area contributed by atoms with Crippen molar-refractivity contribution in [2.75, 3.05) is 7.11 Å². The summed E-state index contributed by atoms with van der Waals surface area (Å²) in [5.74, 6) is 0.752. The Morgan fingerprint density at radius 2 is 1.65 bits per heavy atom. The lowest BCUT2D eigenvalue weighted by molar-refractivity contribution is 0.100. The zero-order valence-electron chi connectivity index (χ0n) is 13.3. The third kappa shape index (κ3) is 2.63. The van der Waals surface area contributed by atoms with Gasteiger partial charge in [0.2, 0.25) is 0 Å². The highest BCUT2D eigenvalue weighted by molar-refractivity contribution is 6.00. The highest BCUT2D eigenvalue weighted by Crippen LogP contribution is 2.30. The summed E-state index contributed by atoms with van der Waals surface area (Å²) in [4.78, 5) is 23.6. The lowest BCUT2D eigenvalue weighted by Crippen LogP contribution is -2.00. The van der Waals surface area contributed by atoms with Gasteiger partial charge in [-0.05, 0) is 42.8 Å². The average molecular weight is 307 g/mol. The van der Waals surface area contributed by atoms with Gasteiger partial charge < -0.3 is 9.14 Å². The van der Waals surface area contributed by atoms with E-state index in [0.717, 1.165) is 22.4 Å². The Balaban J connectivity index is 2.27. The molecule has 2 heterocycles. The molecular formula is C19H17NO3. The van der Waals surface area contributed by atoms with E-state index in [0.29, 0.717) is 11.3 Å². The number of fused-ring (bicyclic) bond motifs is 1. The van der Waals surface area contributed by atoms with E-state index < -0.39 is 0 Å². The van der Waals surface area contributed by atoms with Gasteiger partial charge in [-0.2, -0.15) is 0 Å². The summed E-state index contributed by atoms with van der Waals surface area (Å²) in [5, 5.41) is 0. The predicted molar refractivity (Wildman–Crippen MR) is 89.4 cm³/mol. The van der Waals surface area contributed by atoms with E-state index in [-0.39, 0.29) is 11.6 Å². The smallest absolute Gasteiger partial charge is 0.176 e. The van der Waals surface area contributed by atoms with Crippen molar-refractivity contribution < 1.29 is 14.3 Å². The number of hydrogen-bond donors (Lipinski definition) is 0. The number of benzene rings is 1. The average Bonchev–Trinajstić information content (AvgIpc) is 2.94. The minimum atomic E-state index is -0.0182. The third-order valence-corrected chi connectivity index (χ3v) is 3.94. The second-order valence-corrected chi connectivity index (χ2v) is 5.45. The molecule has 4 heteroatoms. The Labute approximate surface area is 134 Å². The van der Waals surface area contributed by atoms with Gasteiger partial charge in [-0.25, -0.2) is 0 Å². The summed E-state index contributed by atoms with van der Waals surface area (Å²) < 4.78 is 7.01. The Morgan fingerprint density at radius 1 is 0.957 bits per heavy atom. The maximum Gasteiger partial charge on any atom is 0.176 e. The van der Waals surface area contributed by atoms with Crippen molar-refractivity contribution >= 4 is 17.1 Å². The van der Waals surface area contributed by atoms with Crippen LogP contribution in [-0.4, -0.2) is 23.1 Å². The molecule has 0 saturated carbocycles. The minimum absolute atomic E-state index is 0.00115. The monoisotopic (exact) mass is 307 g/mol. The van der Waals surface area contributed by atoms with Crippen LogP contribution in [0.15, 0.2) is 48.7 Å². The molecule has 0 radical (unpaired) electrons. The van der Waals surface area contributed by atoms with Crippen molar-refractivity contribution in [1.29, 1.82) is 0 Å². The Kier molecular flexibility index (Phi) is 3.74. The highest BCUT2D eigenvalue weighted by atomic mass is 16.5. The van der Waals surface area contributed by atoms with Crippen LogP contribution in [0.5, 0.6) is 5.75 Å². The van der Waals surface area contributed by atoms with Crippen LogP contribution in [0.1, 0.15) is 34.7 Å². The lowest BCUT2D eigenvalue weighted by Gasteiger charge is -2.05. The van der Waals surface area contributed by atoms with Gasteiger partial charge >= 0.3 is 0 Å². The molecule has 0 bridgehead atoms. The number of nitrogens with zero attached hydrogens (tertiary/aromatic N) is 1. The Hall–Kier alpha value is -2.88. The van der Waals surface area contributed by atoms with Crippen LogP contribution in [0.25, 0.3) is 16.6 Å². The Morgan fingerprint density at radius 3 is 2.22 bits per heavy atom. The molecule has 0 unspecified atom stereocenters. The summed E-state index contributed by atoms with van der Waals surface area (Å²) in [5.41, 5.74) is 3.95. The summed E-state index contributed by atoms with van der Waals surface area (Å²) in [6, 6.07) is 13.1. The van der Waals surface area contributed by atoms with Gasteiger partial charge in [0.05, 0.1) is 18.3 Å². The predicted octanol–water partition coefficient (Wildman–Crippen LogP) is 4.02. The van der Waals surface area contributed by atoms with Crippen molar-refractivity contribution in [3.63, 3.8) is 0 Å². The Bertz CT molecular complexity index is 904. The van der Waals surface area contributed by atoms with Crippen LogP contribution >= 0.6 is 0 Å². The molecule has 3 aromatic rings. The molecule has 0 N–H and O–H groups in total. The molecule has 0 fully saturated rings. The SMILES string of the molecule is COc1ccc(-c2cc(C(C)=O)n3ccc(C(C)=O)cc23)cc1. The van der Waals surface area contributed by atoms with Crippen molar-refractivity contribution in [2.24, 2.45) is 0 Å². The van der Waals surface area contributed by atoms with Gasteiger partial charge in [-0.3, -0.25) is 9.59 Å². The summed E-state index contributed by atoms with van der Waals surface area (Å²) in [7, 11) is 1.62. The van der Waals surface area contributed by atoms with Gasteiger partial charge in [0.25, 0.3) is 0 Å². The van der Waals surface area contributed by atoms with Gasteiger partial charge in [0.1, 0.15) is 5.75 Å². The number of Topliss-reactive ketones (excluding diaryl/α,β-unsaturated/α-hetero) is 2. The van der Waals surface area contributed by atoms with Gasteiger partial charge in [-0.15, -0.1) is 0 Å². The molecule has 0 atom stereocenters. The number of pyridine rings is 1. The van der Waals surface area contributed by atoms with Crippen LogP contribution in [-0.2, 0) is 0 Å². The molecule has 0 aliphatic heterocycles. The van der Waals surface area contributed by atoms with Crippen LogP contribution in [0.2, 0.25) is 0 Å². The minimum Gasteiger partial charge on any atom is -0.497 e. The molecule has 0 aliphatic rings. The number of ketones is 2. The fourth-order valence-electron chi connectivity index (χ4n) is 2.69. The number of carbonyl (C=O) groups is 2.